The van der Waals surface area contributed by atoms with Crippen LogP contribution in [0.25, 0.3) is 11.4 Å². The highest BCUT2D eigenvalue weighted by molar-refractivity contribution is 8.00. The van der Waals surface area contributed by atoms with Crippen molar-refractivity contribution in [2.75, 3.05) is 12.4 Å². The normalized spacial score (nSPS) is 11.7. The van der Waals surface area contributed by atoms with Crippen LogP contribution in [0.5, 0.6) is 5.75 Å². The van der Waals surface area contributed by atoms with Crippen LogP contribution in [-0.2, 0) is 11.3 Å². The molecule has 32 heavy (non-hydrogen) atoms. The number of anilines is 1. The first kappa shape index (κ1) is 21.6. The lowest BCUT2D eigenvalue weighted by Crippen LogP contribution is -2.23. The zero-order chi connectivity index (χ0) is 22.3. The van der Waals surface area contributed by atoms with Crippen molar-refractivity contribution < 1.29 is 9.53 Å². The van der Waals surface area contributed by atoms with Crippen molar-refractivity contribution in [2.45, 2.75) is 23.9 Å². The van der Waals surface area contributed by atoms with E-state index >= 15 is 0 Å². The number of thioether (sulfide) groups is 1. The molecule has 4 rings (SSSR count). The summed E-state index contributed by atoms with van der Waals surface area (Å²) in [5.41, 5.74) is 2.73. The zero-order valence-electron chi connectivity index (χ0n) is 17.8. The standard InChI is InChI=1S/C24H23N5O2S/c1-17(23(30)26-20-9-6-10-21(15-20)31-2)32-24-28-27-22(19-11-13-25-14-12-19)29(24)16-18-7-4-3-5-8-18/h3-15,17H,16H2,1-2H3,(H,26,30). The molecular weight excluding hydrogens is 422 g/mol. The van der Waals surface area contributed by atoms with Gasteiger partial charge in [-0.05, 0) is 36.8 Å². The van der Waals surface area contributed by atoms with Crippen LogP contribution in [0, 0.1) is 0 Å². The van der Waals surface area contributed by atoms with E-state index in [0.29, 0.717) is 23.1 Å². The molecule has 0 radical (unpaired) electrons. The Hall–Kier alpha value is -3.65. The number of aromatic nitrogens is 4. The molecule has 0 aliphatic carbocycles. The van der Waals surface area contributed by atoms with Gasteiger partial charge in [0.05, 0.1) is 18.9 Å². The highest BCUT2D eigenvalue weighted by atomic mass is 32.2. The number of carbonyl (C=O) groups is 1. The molecular formula is C24H23N5O2S. The van der Waals surface area contributed by atoms with E-state index in [0.717, 1.165) is 17.0 Å². The zero-order valence-corrected chi connectivity index (χ0v) is 18.6. The monoisotopic (exact) mass is 445 g/mol. The molecule has 8 heteroatoms. The van der Waals surface area contributed by atoms with E-state index in [-0.39, 0.29) is 11.2 Å². The van der Waals surface area contributed by atoms with E-state index in [1.165, 1.54) is 11.8 Å². The molecule has 0 bridgehead atoms. The van der Waals surface area contributed by atoms with Gasteiger partial charge in [0.25, 0.3) is 0 Å². The van der Waals surface area contributed by atoms with Gasteiger partial charge in [0.15, 0.2) is 11.0 Å². The maximum absolute atomic E-state index is 12.8. The summed E-state index contributed by atoms with van der Waals surface area (Å²) in [6.45, 7) is 2.45. The SMILES string of the molecule is COc1cccc(NC(=O)C(C)Sc2nnc(-c3ccncc3)n2Cc2ccccc2)c1. The number of hydrogen-bond acceptors (Lipinski definition) is 6. The van der Waals surface area contributed by atoms with Crippen molar-refractivity contribution >= 4 is 23.4 Å². The van der Waals surface area contributed by atoms with E-state index in [1.54, 1.807) is 25.6 Å². The molecule has 2 heterocycles. The number of carbonyl (C=O) groups excluding carboxylic acids is 1. The summed E-state index contributed by atoms with van der Waals surface area (Å²) in [5.74, 6) is 1.30. The predicted molar refractivity (Wildman–Crippen MR) is 126 cm³/mol. The Morgan fingerprint density at radius 2 is 1.84 bits per heavy atom. The van der Waals surface area contributed by atoms with Gasteiger partial charge in [-0.25, -0.2) is 0 Å². The number of rotatable bonds is 8. The summed E-state index contributed by atoms with van der Waals surface area (Å²) >= 11 is 1.37. The van der Waals surface area contributed by atoms with E-state index < -0.39 is 0 Å². The van der Waals surface area contributed by atoms with Crippen molar-refractivity contribution in [3.8, 4) is 17.1 Å². The Labute approximate surface area is 190 Å². The third-order valence-corrected chi connectivity index (χ3v) is 5.91. The minimum atomic E-state index is -0.384. The number of nitrogens with one attached hydrogen (secondary N) is 1. The molecule has 1 unspecified atom stereocenters. The van der Waals surface area contributed by atoms with Gasteiger partial charge in [-0.2, -0.15) is 0 Å². The lowest BCUT2D eigenvalue weighted by atomic mass is 10.2. The molecule has 0 fully saturated rings. The fourth-order valence-electron chi connectivity index (χ4n) is 3.16. The molecule has 0 saturated carbocycles. The Morgan fingerprint density at radius 3 is 2.59 bits per heavy atom. The van der Waals surface area contributed by atoms with Crippen LogP contribution in [0.4, 0.5) is 5.69 Å². The minimum Gasteiger partial charge on any atom is -0.497 e. The van der Waals surface area contributed by atoms with E-state index in [4.69, 9.17) is 4.74 Å². The Kier molecular flexibility index (Phi) is 6.81. The van der Waals surface area contributed by atoms with Gasteiger partial charge < -0.3 is 10.1 Å². The van der Waals surface area contributed by atoms with E-state index in [9.17, 15) is 4.79 Å². The second-order valence-corrected chi connectivity index (χ2v) is 8.40. The molecule has 162 valence electrons. The van der Waals surface area contributed by atoms with Crippen molar-refractivity contribution in [1.29, 1.82) is 0 Å². The summed E-state index contributed by atoms with van der Waals surface area (Å²) in [7, 11) is 1.60. The first-order chi connectivity index (χ1) is 15.6. The highest BCUT2D eigenvalue weighted by Crippen LogP contribution is 2.28. The molecule has 4 aromatic rings. The molecule has 0 aliphatic heterocycles. The number of hydrogen-bond donors (Lipinski definition) is 1. The summed E-state index contributed by atoms with van der Waals surface area (Å²) in [4.78, 5) is 16.9. The van der Waals surface area contributed by atoms with Gasteiger partial charge >= 0.3 is 0 Å². The largest absolute Gasteiger partial charge is 0.497 e. The molecule has 0 aliphatic rings. The molecule has 1 N–H and O–H groups in total. The number of ether oxygens (including phenoxy) is 1. The smallest absolute Gasteiger partial charge is 0.237 e. The summed E-state index contributed by atoms with van der Waals surface area (Å²) < 4.78 is 7.26. The summed E-state index contributed by atoms with van der Waals surface area (Å²) in [6.07, 6.45) is 3.46. The van der Waals surface area contributed by atoms with Crippen LogP contribution < -0.4 is 10.1 Å². The van der Waals surface area contributed by atoms with Gasteiger partial charge in [0.1, 0.15) is 5.75 Å². The third-order valence-electron chi connectivity index (χ3n) is 4.83. The maximum Gasteiger partial charge on any atom is 0.237 e. The number of nitrogens with zero attached hydrogens (tertiary/aromatic N) is 4. The predicted octanol–water partition coefficient (Wildman–Crippen LogP) is 4.52. The van der Waals surface area contributed by atoms with Gasteiger partial charge in [-0.15, -0.1) is 10.2 Å². The molecule has 1 atom stereocenters. The first-order valence-corrected chi connectivity index (χ1v) is 11.0. The van der Waals surface area contributed by atoms with E-state index in [2.05, 4.69) is 32.6 Å². The van der Waals surface area contributed by atoms with Crippen LogP contribution in [0.2, 0.25) is 0 Å². The Bertz CT molecular complexity index is 1180. The van der Waals surface area contributed by atoms with Crippen molar-refractivity contribution in [2.24, 2.45) is 0 Å². The molecule has 2 aromatic heterocycles. The number of pyridine rings is 1. The highest BCUT2D eigenvalue weighted by Gasteiger charge is 2.21. The molecule has 2 aromatic carbocycles. The van der Waals surface area contributed by atoms with Crippen molar-refractivity contribution in [3.05, 3.63) is 84.7 Å². The molecule has 0 saturated heterocycles. The number of benzene rings is 2. The van der Waals surface area contributed by atoms with E-state index in [1.807, 2.05) is 60.0 Å². The average molecular weight is 446 g/mol. The van der Waals surface area contributed by atoms with Gasteiger partial charge in [0, 0.05) is 29.7 Å². The third kappa shape index (κ3) is 5.15. The minimum absolute atomic E-state index is 0.122. The van der Waals surface area contributed by atoms with Crippen molar-refractivity contribution in [1.82, 2.24) is 19.7 Å². The summed E-state index contributed by atoms with van der Waals surface area (Å²) in [5, 5.41) is 12.0. The molecule has 1 amide bonds. The number of methoxy groups -OCH3 is 1. The first-order valence-electron chi connectivity index (χ1n) is 10.1. The maximum atomic E-state index is 12.8. The second kappa shape index (κ2) is 10.1. The topological polar surface area (TPSA) is 81.9 Å². The molecule has 0 spiro atoms. The van der Waals surface area contributed by atoms with Gasteiger partial charge in [-0.3, -0.25) is 14.3 Å². The lowest BCUT2D eigenvalue weighted by molar-refractivity contribution is -0.115. The number of amides is 1. The fraction of sp³-hybridized carbons (Fsp3) is 0.167. The molecule has 7 nitrogen and oxygen atoms in total. The fourth-order valence-corrected chi connectivity index (χ4v) is 4.00. The Balaban J connectivity index is 1.57. The second-order valence-electron chi connectivity index (χ2n) is 7.10. The lowest BCUT2D eigenvalue weighted by Gasteiger charge is -2.14. The Morgan fingerprint density at radius 1 is 1.06 bits per heavy atom. The average Bonchev–Trinajstić information content (AvgIpc) is 3.22. The van der Waals surface area contributed by atoms with Crippen LogP contribution in [-0.4, -0.2) is 38.0 Å². The van der Waals surface area contributed by atoms with Crippen LogP contribution in [0.1, 0.15) is 12.5 Å². The van der Waals surface area contributed by atoms with Crippen molar-refractivity contribution in [3.63, 3.8) is 0 Å². The van der Waals surface area contributed by atoms with Crippen LogP contribution in [0.15, 0.2) is 84.3 Å². The van der Waals surface area contributed by atoms with Gasteiger partial charge in [-0.1, -0.05) is 48.2 Å². The quantitative estimate of drug-likeness (QED) is 0.402. The van der Waals surface area contributed by atoms with Gasteiger partial charge in [0.2, 0.25) is 5.91 Å². The summed E-state index contributed by atoms with van der Waals surface area (Å²) in [6, 6.07) is 21.2. The van der Waals surface area contributed by atoms with Crippen LogP contribution >= 0.6 is 11.8 Å². The van der Waals surface area contributed by atoms with Crippen LogP contribution in [0.3, 0.4) is 0 Å².